The Morgan fingerprint density at radius 1 is 1.12 bits per heavy atom. The number of halogens is 1. The van der Waals surface area contributed by atoms with Crippen LogP contribution in [-0.2, 0) is 6.42 Å². The van der Waals surface area contributed by atoms with E-state index in [0.29, 0.717) is 13.0 Å². The lowest BCUT2D eigenvalue weighted by atomic mass is 10.1. The molecule has 0 spiro atoms. The fraction of sp³-hybridized carbons (Fsp3) is 0.368. The van der Waals surface area contributed by atoms with Crippen molar-refractivity contribution in [2.75, 3.05) is 44.7 Å². The van der Waals surface area contributed by atoms with E-state index >= 15 is 0 Å². The molecular weight excluding hydrogens is 317 g/mol. The number of anilines is 1. The van der Waals surface area contributed by atoms with E-state index in [0.717, 1.165) is 43.5 Å². The van der Waals surface area contributed by atoms with Gasteiger partial charge in [-0.1, -0.05) is 24.3 Å². The fourth-order valence-electron chi connectivity index (χ4n) is 3.03. The van der Waals surface area contributed by atoms with Crippen LogP contribution in [0.15, 0.2) is 53.7 Å². The van der Waals surface area contributed by atoms with Crippen molar-refractivity contribution in [3.8, 4) is 0 Å². The molecule has 0 bridgehead atoms. The van der Waals surface area contributed by atoms with Gasteiger partial charge in [0, 0.05) is 46.0 Å². The molecule has 0 saturated carbocycles. The van der Waals surface area contributed by atoms with Gasteiger partial charge in [0.25, 0.3) is 0 Å². The van der Waals surface area contributed by atoms with Crippen molar-refractivity contribution in [1.82, 2.24) is 15.2 Å². The van der Waals surface area contributed by atoms with Crippen LogP contribution < -0.4 is 10.2 Å². The second-order valence-corrected chi connectivity index (χ2v) is 5.98. The molecule has 0 aliphatic carbocycles. The number of nitrogens with zero attached hydrogens (tertiary/aromatic N) is 4. The summed E-state index contributed by atoms with van der Waals surface area (Å²) >= 11 is 0. The number of aromatic nitrogens is 1. The molecule has 1 aromatic carbocycles. The number of hydrogen-bond acceptors (Lipinski definition) is 3. The molecule has 1 saturated heterocycles. The monoisotopic (exact) mass is 341 g/mol. The zero-order valence-electron chi connectivity index (χ0n) is 14.5. The highest BCUT2D eigenvalue weighted by atomic mass is 19.1. The van der Waals surface area contributed by atoms with Crippen molar-refractivity contribution < 1.29 is 4.39 Å². The molecule has 1 aliphatic heterocycles. The van der Waals surface area contributed by atoms with Gasteiger partial charge in [0.15, 0.2) is 5.96 Å². The zero-order valence-corrected chi connectivity index (χ0v) is 14.5. The van der Waals surface area contributed by atoms with E-state index in [1.165, 1.54) is 6.07 Å². The van der Waals surface area contributed by atoms with Gasteiger partial charge in [0.2, 0.25) is 0 Å². The maximum Gasteiger partial charge on any atom is 0.193 e. The molecule has 1 aromatic heterocycles. The van der Waals surface area contributed by atoms with Crippen LogP contribution in [0.1, 0.15) is 5.56 Å². The molecule has 132 valence electrons. The van der Waals surface area contributed by atoms with Gasteiger partial charge >= 0.3 is 0 Å². The lowest BCUT2D eigenvalue weighted by Crippen LogP contribution is -2.53. The van der Waals surface area contributed by atoms with Crippen molar-refractivity contribution >= 4 is 11.8 Å². The normalized spacial score (nSPS) is 15.4. The molecule has 3 rings (SSSR count). The Morgan fingerprint density at radius 2 is 1.88 bits per heavy atom. The van der Waals surface area contributed by atoms with Gasteiger partial charge in [-0.2, -0.15) is 0 Å². The average molecular weight is 341 g/mol. The summed E-state index contributed by atoms with van der Waals surface area (Å²) < 4.78 is 13.7. The van der Waals surface area contributed by atoms with Crippen molar-refractivity contribution in [2.24, 2.45) is 4.99 Å². The molecule has 2 aromatic rings. The summed E-state index contributed by atoms with van der Waals surface area (Å²) in [6.45, 7) is 4.25. The van der Waals surface area contributed by atoms with Gasteiger partial charge in [-0.25, -0.2) is 9.37 Å². The molecule has 5 nitrogen and oxygen atoms in total. The van der Waals surface area contributed by atoms with Crippen LogP contribution in [0.5, 0.6) is 0 Å². The predicted molar refractivity (Wildman–Crippen MR) is 99.5 cm³/mol. The lowest BCUT2D eigenvalue weighted by molar-refractivity contribution is 0.371. The Labute approximate surface area is 148 Å². The quantitative estimate of drug-likeness (QED) is 0.684. The van der Waals surface area contributed by atoms with E-state index in [9.17, 15) is 4.39 Å². The van der Waals surface area contributed by atoms with Crippen LogP contribution in [0.25, 0.3) is 0 Å². The number of guanidine groups is 1. The number of aliphatic imine (C=N–C) groups is 1. The second kappa shape index (κ2) is 8.46. The lowest BCUT2D eigenvalue weighted by Gasteiger charge is -2.37. The number of nitrogens with one attached hydrogen (secondary N) is 1. The summed E-state index contributed by atoms with van der Waals surface area (Å²) in [5.74, 6) is 1.74. The molecular formula is C19H24FN5. The van der Waals surface area contributed by atoms with Gasteiger partial charge in [-0.3, -0.25) is 4.99 Å². The van der Waals surface area contributed by atoms with E-state index < -0.39 is 0 Å². The summed E-state index contributed by atoms with van der Waals surface area (Å²) in [5, 5.41) is 3.34. The second-order valence-electron chi connectivity index (χ2n) is 5.98. The smallest absolute Gasteiger partial charge is 0.193 e. The van der Waals surface area contributed by atoms with Crippen molar-refractivity contribution in [2.45, 2.75) is 6.42 Å². The summed E-state index contributed by atoms with van der Waals surface area (Å²) in [7, 11) is 1.79. The third kappa shape index (κ3) is 4.47. The zero-order chi connectivity index (χ0) is 17.5. The third-order valence-electron chi connectivity index (χ3n) is 4.40. The first-order chi connectivity index (χ1) is 12.3. The van der Waals surface area contributed by atoms with Crippen molar-refractivity contribution in [3.05, 3.63) is 60.0 Å². The Balaban J connectivity index is 1.49. The fourth-order valence-corrected chi connectivity index (χ4v) is 3.03. The summed E-state index contributed by atoms with van der Waals surface area (Å²) in [6, 6.07) is 12.9. The first-order valence-electron chi connectivity index (χ1n) is 8.63. The molecule has 0 amide bonds. The van der Waals surface area contributed by atoms with Gasteiger partial charge in [0.1, 0.15) is 11.6 Å². The summed E-state index contributed by atoms with van der Waals surface area (Å²) in [6.07, 6.45) is 2.46. The average Bonchev–Trinajstić information content (AvgIpc) is 2.67. The van der Waals surface area contributed by atoms with Gasteiger partial charge < -0.3 is 15.1 Å². The number of piperazine rings is 1. The van der Waals surface area contributed by atoms with Crippen LogP contribution in [0.2, 0.25) is 0 Å². The maximum atomic E-state index is 13.7. The largest absolute Gasteiger partial charge is 0.356 e. The van der Waals surface area contributed by atoms with E-state index in [4.69, 9.17) is 0 Å². The highest BCUT2D eigenvalue weighted by molar-refractivity contribution is 5.80. The first kappa shape index (κ1) is 17.2. The Bertz CT molecular complexity index is 696. The Kier molecular flexibility index (Phi) is 5.82. The third-order valence-corrected chi connectivity index (χ3v) is 4.40. The molecule has 1 fully saturated rings. The summed E-state index contributed by atoms with van der Waals surface area (Å²) in [5.41, 5.74) is 0.727. The van der Waals surface area contributed by atoms with Crippen LogP contribution in [0, 0.1) is 5.82 Å². The summed E-state index contributed by atoms with van der Waals surface area (Å²) in [4.78, 5) is 13.3. The van der Waals surface area contributed by atoms with E-state index in [1.807, 2.05) is 36.5 Å². The predicted octanol–water partition coefficient (Wildman–Crippen LogP) is 2.16. The SMILES string of the molecule is CN=C(NCCc1ccccc1F)N1CCN(c2ccccn2)CC1. The first-order valence-corrected chi connectivity index (χ1v) is 8.63. The topological polar surface area (TPSA) is 43.8 Å². The van der Waals surface area contributed by atoms with Crippen LogP contribution in [0.3, 0.4) is 0 Å². The van der Waals surface area contributed by atoms with Gasteiger partial charge in [-0.05, 0) is 30.2 Å². The number of rotatable bonds is 4. The minimum absolute atomic E-state index is 0.150. The minimum Gasteiger partial charge on any atom is -0.356 e. The van der Waals surface area contributed by atoms with E-state index in [-0.39, 0.29) is 5.82 Å². The molecule has 0 radical (unpaired) electrons. The van der Waals surface area contributed by atoms with Gasteiger partial charge in [0.05, 0.1) is 0 Å². The highest BCUT2D eigenvalue weighted by Crippen LogP contribution is 2.12. The maximum absolute atomic E-state index is 13.7. The van der Waals surface area contributed by atoms with Crippen molar-refractivity contribution in [1.29, 1.82) is 0 Å². The minimum atomic E-state index is -0.150. The molecule has 2 heterocycles. The van der Waals surface area contributed by atoms with Gasteiger partial charge in [-0.15, -0.1) is 0 Å². The number of benzene rings is 1. The van der Waals surface area contributed by atoms with Crippen LogP contribution in [0.4, 0.5) is 10.2 Å². The molecule has 25 heavy (non-hydrogen) atoms. The molecule has 0 unspecified atom stereocenters. The number of pyridine rings is 1. The Morgan fingerprint density at radius 3 is 2.56 bits per heavy atom. The standard InChI is InChI=1S/C19H24FN5/c1-21-19(23-11-9-16-6-2-3-7-17(16)20)25-14-12-24(13-15-25)18-8-4-5-10-22-18/h2-8,10H,9,11-15H2,1H3,(H,21,23). The Hall–Kier alpha value is -2.63. The molecule has 1 N–H and O–H groups in total. The highest BCUT2D eigenvalue weighted by Gasteiger charge is 2.20. The van der Waals surface area contributed by atoms with E-state index in [1.54, 1.807) is 13.1 Å². The molecule has 1 aliphatic rings. The van der Waals surface area contributed by atoms with Crippen LogP contribution >= 0.6 is 0 Å². The van der Waals surface area contributed by atoms with Crippen molar-refractivity contribution in [3.63, 3.8) is 0 Å². The van der Waals surface area contributed by atoms with Crippen LogP contribution in [-0.4, -0.2) is 55.6 Å². The number of hydrogen-bond donors (Lipinski definition) is 1. The van der Waals surface area contributed by atoms with E-state index in [2.05, 4.69) is 25.1 Å². The molecule has 0 atom stereocenters. The molecule has 6 heteroatoms.